The molecule has 0 bridgehead atoms. The summed E-state index contributed by atoms with van der Waals surface area (Å²) in [7, 11) is 0. The van der Waals surface area contributed by atoms with Crippen LogP contribution in [0, 0.1) is 19.1 Å². The van der Waals surface area contributed by atoms with E-state index in [0.717, 1.165) is 43.5 Å². The summed E-state index contributed by atoms with van der Waals surface area (Å²) in [4.78, 5) is 34.6. The van der Waals surface area contributed by atoms with Crippen LogP contribution in [0.25, 0.3) is 0 Å². The molecule has 1 aliphatic rings. The number of aryl methyl sites for hydroxylation is 2. The molecule has 0 spiro atoms. The molecule has 9 nitrogen and oxygen atoms in total. The van der Waals surface area contributed by atoms with Crippen LogP contribution in [0.1, 0.15) is 53.4 Å². The minimum atomic E-state index is -0.165. The predicted octanol–water partition coefficient (Wildman–Crippen LogP) is 4.75. The van der Waals surface area contributed by atoms with Gasteiger partial charge in [-0.05, 0) is 74.1 Å². The molecule has 208 valence electrons. The Hall–Kier alpha value is -3.21. The van der Waals surface area contributed by atoms with E-state index in [1.165, 1.54) is 12.4 Å². The van der Waals surface area contributed by atoms with Crippen LogP contribution in [0.5, 0.6) is 0 Å². The number of halogens is 1. The Kier molecular flexibility index (Phi) is 9.77. The molecule has 4 rings (SSSR count). The molecule has 2 N–H and O–H groups in total. The molecule has 0 radical (unpaired) electrons. The summed E-state index contributed by atoms with van der Waals surface area (Å²) in [5.74, 6) is -0.126. The number of aromatic nitrogens is 2. The molecule has 0 saturated carbocycles. The van der Waals surface area contributed by atoms with Crippen LogP contribution in [0.3, 0.4) is 0 Å². The number of urea groups is 1. The smallest absolute Gasteiger partial charge is 0.322 e. The predicted molar refractivity (Wildman–Crippen MR) is 154 cm³/mol. The number of anilines is 1. The van der Waals surface area contributed by atoms with E-state index in [-0.39, 0.29) is 18.0 Å². The van der Waals surface area contributed by atoms with Crippen LogP contribution >= 0.6 is 22.9 Å². The van der Waals surface area contributed by atoms with Crippen molar-refractivity contribution >= 4 is 40.6 Å². The molecule has 0 unspecified atom stereocenters. The lowest BCUT2D eigenvalue weighted by Gasteiger charge is -2.40. The van der Waals surface area contributed by atoms with Gasteiger partial charge in [0, 0.05) is 50.4 Å². The second-order valence-electron chi connectivity index (χ2n) is 10.0. The number of nitrogens with zero attached hydrogens (tertiary/aromatic N) is 4. The number of pyridine rings is 2. The Morgan fingerprint density at radius 3 is 2.62 bits per heavy atom. The molecule has 3 aromatic heterocycles. The molecule has 0 aromatic carbocycles. The van der Waals surface area contributed by atoms with Crippen LogP contribution in [-0.4, -0.2) is 58.4 Å². The van der Waals surface area contributed by atoms with Crippen LogP contribution in [-0.2, 0) is 6.54 Å². The Balaban J connectivity index is 1.30. The van der Waals surface area contributed by atoms with Gasteiger partial charge in [0.25, 0.3) is 5.91 Å². The van der Waals surface area contributed by atoms with Gasteiger partial charge in [0.2, 0.25) is 0 Å². The van der Waals surface area contributed by atoms with E-state index in [2.05, 4.69) is 32.8 Å². The summed E-state index contributed by atoms with van der Waals surface area (Å²) >= 11 is 7.61. The van der Waals surface area contributed by atoms with Gasteiger partial charge < -0.3 is 25.6 Å². The first-order chi connectivity index (χ1) is 18.7. The Labute approximate surface area is 238 Å². The maximum absolute atomic E-state index is 13.3. The highest BCUT2D eigenvalue weighted by Crippen LogP contribution is 2.23. The monoisotopic (exact) mass is 570 g/mol. The van der Waals surface area contributed by atoms with Gasteiger partial charge >= 0.3 is 6.03 Å². The summed E-state index contributed by atoms with van der Waals surface area (Å²) in [6.07, 6.45) is 5.28. The SMILES string of the molecule is Cc1cc(Cl)nc(C)c1C(=O)NCC[C@@H](C)N1CCC(N(Cc2ccsc2)C(=O)Nc2cc[n+]([O-])cc2)CC1. The molecule has 1 aliphatic heterocycles. The zero-order valence-corrected chi connectivity index (χ0v) is 24.1. The molecule has 1 saturated heterocycles. The van der Waals surface area contributed by atoms with Crippen molar-refractivity contribution in [2.45, 2.75) is 58.7 Å². The highest BCUT2D eigenvalue weighted by Gasteiger charge is 2.30. The lowest BCUT2D eigenvalue weighted by molar-refractivity contribution is -0.605. The molecular formula is C28H35ClN6O3S. The number of likely N-dealkylation sites (tertiary alicyclic amines) is 1. The highest BCUT2D eigenvalue weighted by molar-refractivity contribution is 7.07. The van der Waals surface area contributed by atoms with Crippen LogP contribution in [0.4, 0.5) is 10.5 Å². The van der Waals surface area contributed by atoms with E-state index >= 15 is 0 Å². The quantitative estimate of drug-likeness (QED) is 0.219. The normalized spacial score (nSPS) is 15.1. The van der Waals surface area contributed by atoms with Crippen molar-refractivity contribution in [2.24, 2.45) is 0 Å². The van der Waals surface area contributed by atoms with Crippen molar-refractivity contribution in [1.29, 1.82) is 0 Å². The average molecular weight is 571 g/mol. The van der Waals surface area contributed by atoms with E-state index < -0.39 is 0 Å². The van der Waals surface area contributed by atoms with E-state index in [9.17, 15) is 14.8 Å². The molecule has 39 heavy (non-hydrogen) atoms. The van der Waals surface area contributed by atoms with Crippen molar-refractivity contribution in [1.82, 2.24) is 20.1 Å². The third-order valence-corrected chi connectivity index (χ3v) is 8.18. The summed E-state index contributed by atoms with van der Waals surface area (Å²) in [6.45, 7) is 8.68. The molecule has 3 aromatic rings. The van der Waals surface area contributed by atoms with Gasteiger partial charge in [0.05, 0.1) is 16.9 Å². The van der Waals surface area contributed by atoms with Crippen molar-refractivity contribution in [3.05, 3.63) is 80.2 Å². The number of piperidine rings is 1. The fourth-order valence-corrected chi connectivity index (χ4v) is 6.02. The van der Waals surface area contributed by atoms with Gasteiger partial charge in [-0.25, -0.2) is 9.78 Å². The average Bonchev–Trinajstić information content (AvgIpc) is 3.41. The summed E-state index contributed by atoms with van der Waals surface area (Å²) in [5.41, 5.74) is 3.73. The molecule has 4 heterocycles. The minimum absolute atomic E-state index is 0.101. The van der Waals surface area contributed by atoms with Gasteiger partial charge in [-0.3, -0.25) is 4.79 Å². The van der Waals surface area contributed by atoms with Gasteiger partial charge in [-0.2, -0.15) is 16.1 Å². The van der Waals surface area contributed by atoms with Crippen molar-refractivity contribution in [3.8, 4) is 0 Å². The van der Waals surface area contributed by atoms with E-state index in [0.29, 0.717) is 46.0 Å². The molecule has 3 amide bonds. The zero-order valence-electron chi connectivity index (χ0n) is 22.5. The second-order valence-corrected chi connectivity index (χ2v) is 11.2. The maximum Gasteiger partial charge on any atom is 0.322 e. The first-order valence-electron chi connectivity index (χ1n) is 13.1. The van der Waals surface area contributed by atoms with Gasteiger partial charge in [-0.1, -0.05) is 11.6 Å². The Morgan fingerprint density at radius 1 is 1.26 bits per heavy atom. The summed E-state index contributed by atoms with van der Waals surface area (Å²) in [6, 6.07) is 7.18. The lowest BCUT2D eigenvalue weighted by Crippen LogP contribution is -2.50. The van der Waals surface area contributed by atoms with Crippen LogP contribution < -0.4 is 15.4 Å². The third-order valence-electron chi connectivity index (χ3n) is 7.25. The topological polar surface area (TPSA) is 105 Å². The lowest BCUT2D eigenvalue weighted by atomic mass is 10.0. The molecule has 1 fully saturated rings. The van der Waals surface area contributed by atoms with Crippen molar-refractivity contribution in [2.75, 3.05) is 25.0 Å². The number of thiophene rings is 1. The van der Waals surface area contributed by atoms with Gasteiger partial charge in [-0.15, -0.1) is 0 Å². The zero-order chi connectivity index (χ0) is 27.9. The van der Waals surface area contributed by atoms with Gasteiger partial charge in [0.15, 0.2) is 12.4 Å². The van der Waals surface area contributed by atoms with E-state index in [4.69, 9.17) is 11.6 Å². The Bertz CT molecular complexity index is 1240. The minimum Gasteiger partial charge on any atom is -0.619 e. The van der Waals surface area contributed by atoms with Crippen molar-refractivity contribution < 1.29 is 14.3 Å². The fourth-order valence-electron chi connectivity index (χ4n) is 5.07. The number of carbonyl (C=O) groups excluding carboxylic acids is 2. The number of nitrogens with one attached hydrogen (secondary N) is 2. The number of hydrogen-bond acceptors (Lipinski definition) is 6. The van der Waals surface area contributed by atoms with E-state index in [1.807, 2.05) is 23.3 Å². The Morgan fingerprint density at radius 2 is 1.97 bits per heavy atom. The summed E-state index contributed by atoms with van der Waals surface area (Å²) < 4.78 is 0.693. The second kappa shape index (κ2) is 13.2. The first-order valence-corrected chi connectivity index (χ1v) is 14.5. The fraction of sp³-hybridized carbons (Fsp3) is 0.429. The van der Waals surface area contributed by atoms with Crippen LogP contribution in [0.15, 0.2) is 47.4 Å². The molecule has 1 atom stereocenters. The number of carbonyl (C=O) groups is 2. The van der Waals surface area contributed by atoms with Crippen molar-refractivity contribution in [3.63, 3.8) is 0 Å². The third kappa shape index (κ3) is 7.68. The van der Waals surface area contributed by atoms with Gasteiger partial charge in [0.1, 0.15) is 5.15 Å². The van der Waals surface area contributed by atoms with Crippen LogP contribution in [0.2, 0.25) is 5.15 Å². The largest absolute Gasteiger partial charge is 0.619 e. The summed E-state index contributed by atoms with van der Waals surface area (Å²) in [5, 5.41) is 21.8. The molecular weight excluding hydrogens is 536 g/mol. The maximum atomic E-state index is 13.3. The van der Waals surface area contributed by atoms with E-state index in [1.54, 1.807) is 36.5 Å². The highest BCUT2D eigenvalue weighted by atomic mass is 35.5. The first kappa shape index (κ1) is 28.8. The molecule has 0 aliphatic carbocycles. The number of amides is 3. The molecule has 11 heteroatoms. The number of hydrogen-bond donors (Lipinski definition) is 2. The standard InChI is InChI=1S/C28H35ClN6O3S/c1-19-16-25(29)31-21(3)26(19)27(36)30-10-4-20(2)33-11-7-24(8-12-33)35(17-22-9-15-39-18-22)28(37)32-23-5-13-34(38)14-6-23/h5-6,9,13-16,18,20,24H,4,7-8,10-12,17H2,1-3H3,(H,30,36)(H,32,37)/t20-/m1/s1. The number of rotatable bonds is 9.